The first kappa shape index (κ1) is 14.9. The Bertz CT molecular complexity index is 595. The molecule has 4 nitrogen and oxygen atoms in total. The number of halogens is 1. The maximum absolute atomic E-state index is 6.44. The van der Waals surface area contributed by atoms with Gasteiger partial charge in [0.1, 0.15) is 5.69 Å². The Kier molecular flexibility index (Phi) is 4.68. The number of aromatic nitrogens is 2. The molecule has 0 fully saturated rings. The van der Waals surface area contributed by atoms with Gasteiger partial charge >= 0.3 is 0 Å². The van der Waals surface area contributed by atoms with Crippen LogP contribution in [0, 0.1) is 6.92 Å². The molecule has 0 saturated heterocycles. The van der Waals surface area contributed by atoms with E-state index in [4.69, 9.17) is 22.1 Å². The van der Waals surface area contributed by atoms with Crippen molar-refractivity contribution < 1.29 is 4.74 Å². The summed E-state index contributed by atoms with van der Waals surface area (Å²) >= 11 is 6.00. The molecular weight excluding hydrogens is 274 g/mol. The lowest BCUT2D eigenvalue weighted by atomic mass is 9.99. The number of benzene rings is 1. The Hall–Kier alpha value is -1.52. The number of aryl methyl sites for hydroxylation is 2. The number of nitrogens with zero attached hydrogens (tertiary/aromatic N) is 2. The monoisotopic (exact) mass is 293 g/mol. The van der Waals surface area contributed by atoms with E-state index in [1.165, 1.54) is 0 Å². The summed E-state index contributed by atoms with van der Waals surface area (Å²) in [5.41, 5.74) is 9.44. The van der Waals surface area contributed by atoms with Crippen LogP contribution in [-0.4, -0.2) is 16.9 Å². The van der Waals surface area contributed by atoms with Gasteiger partial charge in [-0.15, -0.1) is 0 Å². The standard InChI is InChI=1S/C15H20ClN3O/c1-4-7-19-15(13(20-3)9-18-19)14(17)12-6-5-11(16)8-10(12)2/h5-6,8-9,14H,4,7,17H2,1-3H3. The van der Waals surface area contributed by atoms with Crippen molar-refractivity contribution in [2.45, 2.75) is 32.9 Å². The van der Waals surface area contributed by atoms with E-state index in [0.29, 0.717) is 5.02 Å². The number of methoxy groups -OCH3 is 1. The SMILES string of the molecule is CCCn1ncc(OC)c1C(N)c1ccc(Cl)cc1C. The summed E-state index contributed by atoms with van der Waals surface area (Å²) in [6.45, 7) is 4.93. The average molecular weight is 294 g/mol. The Balaban J connectivity index is 2.46. The molecule has 0 bridgehead atoms. The van der Waals surface area contributed by atoms with Crippen LogP contribution < -0.4 is 10.5 Å². The Morgan fingerprint density at radius 2 is 2.20 bits per heavy atom. The van der Waals surface area contributed by atoms with E-state index in [0.717, 1.165) is 35.5 Å². The van der Waals surface area contributed by atoms with Crippen molar-refractivity contribution in [2.24, 2.45) is 5.73 Å². The van der Waals surface area contributed by atoms with Crippen molar-refractivity contribution in [1.82, 2.24) is 9.78 Å². The van der Waals surface area contributed by atoms with Crippen molar-refractivity contribution >= 4 is 11.6 Å². The molecule has 1 heterocycles. The fraction of sp³-hybridized carbons (Fsp3) is 0.400. The lowest BCUT2D eigenvalue weighted by Gasteiger charge is -2.18. The Labute approximate surface area is 124 Å². The molecule has 2 rings (SSSR count). The summed E-state index contributed by atoms with van der Waals surface area (Å²) in [6.07, 6.45) is 2.71. The first-order valence-corrected chi connectivity index (χ1v) is 7.07. The average Bonchev–Trinajstić information content (AvgIpc) is 2.81. The zero-order valence-corrected chi connectivity index (χ0v) is 12.8. The van der Waals surface area contributed by atoms with Crippen molar-refractivity contribution in [2.75, 3.05) is 7.11 Å². The molecule has 2 N–H and O–H groups in total. The predicted molar refractivity (Wildman–Crippen MR) is 81.3 cm³/mol. The van der Waals surface area contributed by atoms with Crippen LogP contribution in [0.1, 0.15) is 36.2 Å². The fourth-order valence-corrected chi connectivity index (χ4v) is 2.60. The van der Waals surface area contributed by atoms with Gasteiger partial charge in [-0.2, -0.15) is 5.10 Å². The number of nitrogens with two attached hydrogens (primary N) is 1. The van der Waals surface area contributed by atoms with E-state index >= 15 is 0 Å². The molecule has 20 heavy (non-hydrogen) atoms. The number of hydrogen-bond donors (Lipinski definition) is 1. The predicted octanol–water partition coefficient (Wildman–Crippen LogP) is 3.31. The van der Waals surface area contributed by atoms with Crippen LogP contribution in [0.3, 0.4) is 0 Å². The topological polar surface area (TPSA) is 53.1 Å². The van der Waals surface area contributed by atoms with Crippen LogP contribution in [-0.2, 0) is 6.54 Å². The third kappa shape index (κ3) is 2.81. The normalized spacial score (nSPS) is 12.4. The minimum Gasteiger partial charge on any atom is -0.493 e. The smallest absolute Gasteiger partial charge is 0.161 e. The summed E-state index contributed by atoms with van der Waals surface area (Å²) in [7, 11) is 1.64. The highest BCUT2D eigenvalue weighted by atomic mass is 35.5. The lowest BCUT2D eigenvalue weighted by molar-refractivity contribution is 0.404. The minimum atomic E-state index is -0.281. The molecule has 1 atom stereocenters. The molecule has 0 radical (unpaired) electrons. The Morgan fingerprint density at radius 3 is 2.80 bits per heavy atom. The largest absolute Gasteiger partial charge is 0.493 e. The highest BCUT2D eigenvalue weighted by Crippen LogP contribution is 2.31. The first-order chi connectivity index (χ1) is 9.58. The third-order valence-electron chi connectivity index (χ3n) is 3.36. The van der Waals surface area contributed by atoms with Crippen LogP contribution in [0.4, 0.5) is 0 Å². The van der Waals surface area contributed by atoms with Gasteiger partial charge in [0.05, 0.1) is 19.3 Å². The van der Waals surface area contributed by atoms with Gasteiger partial charge in [0.2, 0.25) is 0 Å². The van der Waals surface area contributed by atoms with Crippen LogP contribution in [0.15, 0.2) is 24.4 Å². The zero-order valence-electron chi connectivity index (χ0n) is 12.1. The zero-order chi connectivity index (χ0) is 14.7. The van der Waals surface area contributed by atoms with Gasteiger partial charge in [-0.05, 0) is 36.6 Å². The second-order valence-electron chi connectivity index (χ2n) is 4.80. The van der Waals surface area contributed by atoms with Gasteiger partial charge in [-0.25, -0.2) is 0 Å². The van der Waals surface area contributed by atoms with E-state index in [-0.39, 0.29) is 6.04 Å². The van der Waals surface area contributed by atoms with Crippen molar-refractivity contribution in [3.63, 3.8) is 0 Å². The van der Waals surface area contributed by atoms with Gasteiger partial charge < -0.3 is 10.5 Å². The van der Waals surface area contributed by atoms with E-state index in [9.17, 15) is 0 Å². The van der Waals surface area contributed by atoms with Crippen LogP contribution in [0.25, 0.3) is 0 Å². The van der Waals surface area contributed by atoms with Gasteiger partial charge in [-0.3, -0.25) is 4.68 Å². The quantitative estimate of drug-likeness (QED) is 0.920. The second kappa shape index (κ2) is 6.29. The van der Waals surface area contributed by atoms with Gasteiger partial charge in [0.25, 0.3) is 0 Å². The summed E-state index contributed by atoms with van der Waals surface area (Å²) in [6, 6.07) is 5.46. The summed E-state index contributed by atoms with van der Waals surface area (Å²) < 4.78 is 7.30. The lowest BCUT2D eigenvalue weighted by Crippen LogP contribution is -2.19. The molecule has 5 heteroatoms. The molecular formula is C15H20ClN3O. The van der Waals surface area contributed by atoms with Crippen molar-refractivity contribution in [1.29, 1.82) is 0 Å². The molecule has 0 aliphatic heterocycles. The molecule has 0 amide bonds. The molecule has 2 aromatic rings. The van der Waals surface area contributed by atoms with Crippen LogP contribution in [0.2, 0.25) is 5.02 Å². The highest BCUT2D eigenvalue weighted by Gasteiger charge is 2.21. The maximum Gasteiger partial charge on any atom is 0.161 e. The van der Waals surface area contributed by atoms with Gasteiger partial charge in [-0.1, -0.05) is 24.6 Å². The molecule has 0 spiro atoms. The van der Waals surface area contributed by atoms with Crippen LogP contribution in [0.5, 0.6) is 5.75 Å². The molecule has 108 valence electrons. The molecule has 0 aliphatic rings. The first-order valence-electron chi connectivity index (χ1n) is 6.69. The summed E-state index contributed by atoms with van der Waals surface area (Å²) in [4.78, 5) is 0. The van der Waals surface area contributed by atoms with Crippen molar-refractivity contribution in [3.05, 3.63) is 46.2 Å². The molecule has 0 saturated carbocycles. The van der Waals surface area contributed by atoms with E-state index in [2.05, 4.69) is 12.0 Å². The number of ether oxygens (including phenoxy) is 1. The number of hydrogen-bond acceptors (Lipinski definition) is 3. The van der Waals surface area contributed by atoms with Crippen LogP contribution >= 0.6 is 11.6 Å². The Morgan fingerprint density at radius 1 is 1.45 bits per heavy atom. The minimum absolute atomic E-state index is 0.281. The van der Waals surface area contributed by atoms with E-state index in [1.54, 1.807) is 13.3 Å². The molecule has 1 aromatic heterocycles. The van der Waals surface area contributed by atoms with E-state index in [1.807, 2.05) is 29.8 Å². The van der Waals surface area contributed by atoms with Gasteiger partial charge in [0, 0.05) is 11.6 Å². The highest BCUT2D eigenvalue weighted by molar-refractivity contribution is 6.30. The summed E-state index contributed by atoms with van der Waals surface area (Å²) in [5.74, 6) is 0.723. The molecule has 1 aromatic carbocycles. The summed E-state index contributed by atoms with van der Waals surface area (Å²) in [5, 5.41) is 5.07. The van der Waals surface area contributed by atoms with Gasteiger partial charge in [0.15, 0.2) is 5.75 Å². The van der Waals surface area contributed by atoms with E-state index < -0.39 is 0 Å². The van der Waals surface area contributed by atoms with Crippen molar-refractivity contribution in [3.8, 4) is 5.75 Å². The third-order valence-corrected chi connectivity index (χ3v) is 3.60. The maximum atomic E-state index is 6.44. The molecule has 0 aliphatic carbocycles. The second-order valence-corrected chi connectivity index (χ2v) is 5.24. The number of rotatable bonds is 5. The molecule has 1 unspecified atom stereocenters. The fourth-order valence-electron chi connectivity index (χ4n) is 2.37.